The summed E-state index contributed by atoms with van der Waals surface area (Å²) in [5.74, 6) is 0. The van der Waals surface area contributed by atoms with Gasteiger partial charge in [0.2, 0.25) is 0 Å². The minimum absolute atomic E-state index is 0. The highest BCUT2D eigenvalue weighted by atomic mass is 35.5. The molecule has 8 heteroatoms. The fourth-order valence-corrected chi connectivity index (χ4v) is 3.50. The molecule has 7 nitrogen and oxygen atoms in total. The number of ether oxygens (including phenoxy) is 1. The first kappa shape index (κ1) is 17.8. The molecule has 1 saturated heterocycles. The Morgan fingerprint density at radius 2 is 2.00 bits per heavy atom. The highest BCUT2D eigenvalue weighted by Gasteiger charge is 2.22. The second kappa shape index (κ2) is 7.11. The molecule has 2 aliphatic rings. The van der Waals surface area contributed by atoms with Crippen LogP contribution >= 0.6 is 12.4 Å². The predicted molar refractivity (Wildman–Crippen MR) is 98.4 cm³/mol. The van der Waals surface area contributed by atoms with E-state index < -0.39 is 11.1 Å². The molecule has 0 atom stereocenters. The van der Waals surface area contributed by atoms with Crippen LogP contribution in [0.3, 0.4) is 0 Å². The van der Waals surface area contributed by atoms with Gasteiger partial charge in [-0.05, 0) is 37.6 Å². The number of hydrogen-bond acceptors (Lipinski definition) is 5. The summed E-state index contributed by atoms with van der Waals surface area (Å²) in [5.41, 5.74) is 2.28. The Morgan fingerprint density at radius 3 is 2.68 bits per heavy atom. The summed E-state index contributed by atoms with van der Waals surface area (Å²) in [6.45, 7) is 2.84. The first-order chi connectivity index (χ1) is 11.7. The summed E-state index contributed by atoms with van der Waals surface area (Å²) in [4.78, 5) is 29.6. The maximum Gasteiger partial charge on any atom is 0.318 e. The molecule has 1 N–H and O–H groups in total. The van der Waals surface area contributed by atoms with Crippen LogP contribution in [-0.4, -0.2) is 40.4 Å². The molecule has 0 radical (unpaired) electrons. The van der Waals surface area contributed by atoms with Crippen molar-refractivity contribution in [3.8, 4) is 0 Å². The van der Waals surface area contributed by atoms with Crippen molar-refractivity contribution in [1.29, 1.82) is 0 Å². The number of fused-ring (bicyclic) bond motifs is 1. The van der Waals surface area contributed by atoms with E-state index in [0.29, 0.717) is 24.4 Å². The van der Waals surface area contributed by atoms with Crippen molar-refractivity contribution in [2.24, 2.45) is 7.05 Å². The Bertz CT molecular complexity index is 941. The molecule has 0 saturated carbocycles. The number of piperidine rings is 1. The third-order valence-corrected chi connectivity index (χ3v) is 4.89. The normalized spacial score (nSPS) is 18.2. The maximum absolute atomic E-state index is 12.6. The third-order valence-electron chi connectivity index (χ3n) is 4.89. The summed E-state index contributed by atoms with van der Waals surface area (Å²) in [7, 11) is 1.63. The average molecular weight is 365 g/mol. The molecule has 1 fully saturated rings. The summed E-state index contributed by atoms with van der Waals surface area (Å²) in [6, 6.07) is 1.95. The summed E-state index contributed by atoms with van der Waals surface area (Å²) in [6.07, 6.45) is 5.43. The zero-order valence-corrected chi connectivity index (χ0v) is 14.8. The van der Waals surface area contributed by atoms with Crippen LogP contribution in [0.2, 0.25) is 0 Å². The van der Waals surface area contributed by atoms with Crippen LogP contribution in [0.5, 0.6) is 0 Å². The molecule has 0 bridgehead atoms. The standard InChI is InChI=1S/C17H20N4O3.ClH/c1-20-14-8-12(11-4-7-24-10-11)9-19-15(14)21(17(23)16(20)22)13-2-5-18-6-3-13;/h4,8-9,13,18H,2-3,5-7,10H2,1H3;1H. The molecule has 0 amide bonds. The maximum atomic E-state index is 12.6. The van der Waals surface area contributed by atoms with E-state index in [4.69, 9.17) is 4.74 Å². The average Bonchev–Trinajstić information content (AvgIpc) is 3.15. The SMILES string of the molecule is Cl.Cn1c(=O)c(=O)n(C2CCNCC2)c2ncc(C3=CCOC3)cc21. The quantitative estimate of drug-likeness (QED) is 0.799. The Morgan fingerprint density at radius 1 is 1.24 bits per heavy atom. The predicted octanol–water partition coefficient (Wildman–Crippen LogP) is 0.855. The Hall–Kier alpha value is -1.96. The van der Waals surface area contributed by atoms with Crippen LogP contribution < -0.4 is 16.4 Å². The zero-order chi connectivity index (χ0) is 16.7. The van der Waals surface area contributed by atoms with E-state index in [-0.39, 0.29) is 18.4 Å². The van der Waals surface area contributed by atoms with Crippen LogP contribution in [0.1, 0.15) is 24.4 Å². The molecular formula is C17H21ClN4O3. The number of pyridine rings is 1. The van der Waals surface area contributed by atoms with Gasteiger partial charge in [0.05, 0.1) is 18.7 Å². The minimum Gasteiger partial charge on any atom is -0.373 e. The van der Waals surface area contributed by atoms with Gasteiger partial charge in [0.15, 0.2) is 5.65 Å². The lowest BCUT2D eigenvalue weighted by atomic mass is 10.1. The zero-order valence-electron chi connectivity index (χ0n) is 14.0. The van der Waals surface area contributed by atoms with Crippen molar-refractivity contribution < 1.29 is 4.74 Å². The molecule has 2 aliphatic heterocycles. The lowest BCUT2D eigenvalue weighted by Gasteiger charge is -2.26. The van der Waals surface area contributed by atoms with Gasteiger partial charge in [0, 0.05) is 24.8 Å². The number of halogens is 1. The van der Waals surface area contributed by atoms with Gasteiger partial charge < -0.3 is 14.6 Å². The molecule has 0 unspecified atom stereocenters. The van der Waals surface area contributed by atoms with E-state index in [9.17, 15) is 9.59 Å². The molecule has 4 rings (SSSR count). The van der Waals surface area contributed by atoms with E-state index in [2.05, 4.69) is 10.3 Å². The van der Waals surface area contributed by atoms with Gasteiger partial charge in [-0.1, -0.05) is 6.08 Å². The fourth-order valence-electron chi connectivity index (χ4n) is 3.50. The molecule has 2 aromatic heterocycles. The first-order valence-corrected chi connectivity index (χ1v) is 8.26. The minimum atomic E-state index is -0.503. The number of nitrogens with one attached hydrogen (secondary N) is 1. The molecule has 0 aliphatic carbocycles. The number of rotatable bonds is 2. The van der Waals surface area contributed by atoms with Crippen molar-refractivity contribution in [1.82, 2.24) is 19.4 Å². The van der Waals surface area contributed by atoms with Gasteiger partial charge in [-0.3, -0.25) is 14.2 Å². The van der Waals surface area contributed by atoms with Gasteiger partial charge in [0.25, 0.3) is 0 Å². The fraction of sp³-hybridized carbons (Fsp3) is 0.471. The van der Waals surface area contributed by atoms with Gasteiger partial charge in [-0.2, -0.15) is 0 Å². The number of nitrogens with zero attached hydrogens (tertiary/aromatic N) is 3. The topological polar surface area (TPSA) is 78.2 Å². The second-order valence-corrected chi connectivity index (χ2v) is 6.33. The van der Waals surface area contributed by atoms with Crippen LogP contribution in [0.15, 0.2) is 27.9 Å². The van der Waals surface area contributed by atoms with Crippen LogP contribution in [0.25, 0.3) is 16.7 Å². The number of aryl methyl sites for hydroxylation is 1. The molecule has 4 heterocycles. The molecule has 0 spiro atoms. The van der Waals surface area contributed by atoms with Crippen molar-refractivity contribution in [3.05, 3.63) is 44.6 Å². The van der Waals surface area contributed by atoms with Crippen molar-refractivity contribution in [2.75, 3.05) is 26.3 Å². The van der Waals surface area contributed by atoms with E-state index in [1.807, 2.05) is 12.1 Å². The largest absolute Gasteiger partial charge is 0.373 e. The van der Waals surface area contributed by atoms with E-state index >= 15 is 0 Å². The highest BCUT2D eigenvalue weighted by Crippen LogP contribution is 2.24. The molecule has 0 aromatic carbocycles. The summed E-state index contributed by atoms with van der Waals surface area (Å²) < 4.78 is 8.37. The van der Waals surface area contributed by atoms with Gasteiger partial charge in [-0.15, -0.1) is 12.4 Å². The first-order valence-electron chi connectivity index (χ1n) is 8.26. The van der Waals surface area contributed by atoms with E-state index in [1.54, 1.807) is 17.8 Å². The van der Waals surface area contributed by atoms with Crippen LogP contribution in [0.4, 0.5) is 0 Å². The van der Waals surface area contributed by atoms with Crippen LogP contribution in [-0.2, 0) is 11.8 Å². The molecule has 134 valence electrons. The number of hydrogen-bond donors (Lipinski definition) is 1. The lowest BCUT2D eigenvalue weighted by molar-refractivity contribution is 0.216. The van der Waals surface area contributed by atoms with Crippen molar-refractivity contribution >= 4 is 29.1 Å². The second-order valence-electron chi connectivity index (χ2n) is 6.33. The third kappa shape index (κ3) is 3.03. The summed E-state index contributed by atoms with van der Waals surface area (Å²) >= 11 is 0. The van der Waals surface area contributed by atoms with Gasteiger partial charge in [0.1, 0.15) is 0 Å². The van der Waals surface area contributed by atoms with Gasteiger partial charge in [-0.25, -0.2) is 4.98 Å². The van der Waals surface area contributed by atoms with E-state index in [1.165, 1.54) is 4.57 Å². The Balaban J connectivity index is 0.00000182. The highest BCUT2D eigenvalue weighted by molar-refractivity contribution is 5.85. The smallest absolute Gasteiger partial charge is 0.318 e. The summed E-state index contributed by atoms with van der Waals surface area (Å²) in [5, 5.41) is 3.28. The lowest BCUT2D eigenvalue weighted by Crippen LogP contribution is -2.44. The van der Waals surface area contributed by atoms with E-state index in [0.717, 1.165) is 37.1 Å². The Kier molecular flexibility index (Phi) is 5.08. The monoisotopic (exact) mass is 364 g/mol. The molecule has 25 heavy (non-hydrogen) atoms. The molecular weight excluding hydrogens is 344 g/mol. The van der Waals surface area contributed by atoms with Crippen LogP contribution in [0, 0.1) is 0 Å². The van der Waals surface area contributed by atoms with Crippen molar-refractivity contribution in [3.63, 3.8) is 0 Å². The number of aromatic nitrogens is 3. The van der Waals surface area contributed by atoms with Crippen molar-refractivity contribution in [2.45, 2.75) is 18.9 Å². The molecule has 2 aromatic rings. The Labute approximate surface area is 150 Å². The van der Waals surface area contributed by atoms with Gasteiger partial charge >= 0.3 is 11.1 Å².